The first-order valence-corrected chi connectivity index (χ1v) is 11.0. The highest BCUT2D eigenvalue weighted by Crippen LogP contribution is 2.32. The molecule has 1 aromatic heterocycles. The molecule has 36 heavy (non-hydrogen) atoms. The number of hydrogen-bond acceptors (Lipinski definition) is 5. The Hall–Kier alpha value is -3.70. The van der Waals surface area contributed by atoms with E-state index in [1.807, 2.05) is 0 Å². The van der Waals surface area contributed by atoms with Crippen LogP contribution >= 0.6 is 0 Å². The fraction of sp³-hybridized carbons (Fsp3) is 0.417. The number of amides is 3. The van der Waals surface area contributed by atoms with Gasteiger partial charge in [-0.2, -0.15) is 13.2 Å². The number of carbonyl (C=O) groups excluding carboxylic acids is 3. The highest BCUT2D eigenvalue weighted by Gasteiger charge is 2.41. The summed E-state index contributed by atoms with van der Waals surface area (Å²) in [6.07, 6.45) is -5.76. The van der Waals surface area contributed by atoms with E-state index in [1.54, 1.807) is 20.8 Å². The van der Waals surface area contributed by atoms with Gasteiger partial charge in [-0.25, -0.2) is 9.18 Å². The van der Waals surface area contributed by atoms with Crippen molar-refractivity contribution in [2.75, 3.05) is 6.54 Å². The van der Waals surface area contributed by atoms with Crippen LogP contribution in [0.25, 0.3) is 11.1 Å². The van der Waals surface area contributed by atoms with Crippen molar-refractivity contribution in [3.8, 4) is 11.1 Å². The fourth-order valence-corrected chi connectivity index (χ4v) is 3.72. The highest BCUT2D eigenvalue weighted by atomic mass is 19.4. The van der Waals surface area contributed by atoms with Crippen molar-refractivity contribution in [2.45, 2.75) is 57.7 Å². The van der Waals surface area contributed by atoms with Gasteiger partial charge >= 0.3 is 12.3 Å². The van der Waals surface area contributed by atoms with Crippen LogP contribution in [-0.2, 0) is 22.3 Å². The van der Waals surface area contributed by atoms with E-state index in [0.717, 1.165) is 23.2 Å². The largest absolute Gasteiger partial charge is 0.444 e. The molecular weight excluding hydrogens is 484 g/mol. The number of nitrogens with two attached hydrogens (primary N) is 1. The van der Waals surface area contributed by atoms with Crippen molar-refractivity contribution in [2.24, 2.45) is 5.73 Å². The van der Waals surface area contributed by atoms with E-state index in [-0.39, 0.29) is 36.3 Å². The topological polar surface area (TPSA) is 115 Å². The van der Waals surface area contributed by atoms with Crippen molar-refractivity contribution >= 4 is 17.9 Å². The predicted molar refractivity (Wildman–Crippen MR) is 121 cm³/mol. The van der Waals surface area contributed by atoms with Crippen LogP contribution in [0.3, 0.4) is 0 Å². The molecule has 3 amide bonds. The van der Waals surface area contributed by atoms with Gasteiger partial charge < -0.3 is 15.8 Å². The maximum atomic E-state index is 14.0. The number of pyridine rings is 1. The summed E-state index contributed by atoms with van der Waals surface area (Å²) in [6, 6.07) is 4.48. The van der Waals surface area contributed by atoms with Gasteiger partial charge in [0, 0.05) is 12.6 Å². The summed E-state index contributed by atoms with van der Waals surface area (Å²) < 4.78 is 58.0. The first-order chi connectivity index (χ1) is 16.7. The molecule has 194 valence electrons. The minimum absolute atomic E-state index is 0.0167. The second kappa shape index (κ2) is 10.1. The lowest BCUT2D eigenvalue weighted by molar-refractivity contribution is -0.137. The lowest BCUT2D eigenvalue weighted by Gasteiger charge is -2.27. The molecular formula is C24H26F4N4O4. The third-order valence-corrected chi connectivity index (χ3v) is 5.37. The Morgan fingerprint density at radius 3 is 2.36 bits per heavy atom. The van der Waals surface area contributed by atoms with Gasteiger partial charge in [-0.3, -0.25) is 19.5 Å². The van der Waals surface area contributed by atoms with E-state index in [9.17, 15) is 31.9 Å². The van der Waals surface area contributed by atoms with E-state index in [1.165, 1.54) is 18.2 Å². The minimum atomic E-state index is -4.52. The molecule has 0 saturated carbocycles. The van der Waals surface area contributed by atoms with E-state index in [0.29, 0.717) is 5.56 Å². The molecule has 2 aromatic rings. The van der Waals surface area contributed by atoms with Crippen molar-refractivity contribution in [1.82, 2.24) is 15.2 Å². The Labute approximate surface area is 204 Å². The van der Waals surface area contributed by atoms with Crippen LogP contribution in [0.5, 0.6) is 0 Å². The summed E-state index contributed by atoms with van der Waals surface area (Å²) in [5.74, 6) is -1.46. The Kier molecular flexibility index (Phi) is 7.56. The zero-order valence-electron chi connectivity index (χ0n) is 19.9. The first-order valence-electron chi connectivity index (χ1n) is 11.0. The predicted octanol–water partition coefficient (Wildman–Crippen LogP) is 3.83. The number of likely N-dealkylation sites (tertiary alicyclic amines) is 1. The number of aromatic nitrogens is 1. The quantitative estimate of drug-likeness (QED) is 0.594. The Balaban J connectivity index is 1.78. The van der Waals surface area contributed by atoms with Gasteiger partial charge in [0.15, 0.2) is 0 Å². The van der Waals surface area contributed by atoms with Crippen molar-refractivity contribution in [1.29, 1.82) is 0 Å². The molecule has 1 aromatic carbocycles. The van der Waals surface area contributed by atoms with Crippen LogP contribution in [0.1, 0.15) is 48.8 Å². The summed E-state index contributed by atoms with van der Waals surface area (Å²) in [6.45, 7) is 4.52. The molecule has 0 spiro atoms. The SMILES string of the molecule is CC(C)(C)OC(=O)N1C[C@H](F)C[C@H]1C(=O)NCc1cc(-c2ccc(C(F)(F)F)cc2)c(C(N)=O)cn1. The molecule has 0 radical (unpaired) electrons. The third-order valence-electron chi connectivity index (χ3n) is 5.37. The summed E-state index contributed by atoms with van der Waals surface area (Å²) in [7, 11) is 0. The van der Waals surface area contributed by atoms with Crippen molar-refractivity contribution < 1.29 is 36.7 Å². The van der Waals surface area contributed by atoms with Crippen molar-refractivity contribution in [3.63, 3.8) is 0 Å². The summed E-state index contributed by atoms with van der Waals surface area (Å²) >= 11 is 0. The number of halogens is 4. The molecule has 1 aliphatic rings. The van der Waals surface area contributed by atoms with E-state index in [4.69, 9.17) is 10.5 Å². The lowest BCUT2D eigenvalue weighted by atomic mass is 9.99. The number of primary amides is 1. The van der Waals surface area contributed by atoms with Gasteiger partial charge in [0.25, 0.3) is 5.91 Å². The van der Waals surface area contributed by atoms with Gasteiger partial charge in [-0.05, 0) is 50.1 Å². The number of ether oxygens (including phenoxy) is 1. The number of hydrogen-bond donors (Lipinski definition) is 2. The maximum Gasteiger partial charge on any atom is 0.416 e. The van der Waals surface area contributed by atoms with Gasteiger partial charge in [0.1, 0.15) is 17.8 Å². The smallest absolute Gasteiger partial charge is 0.416 e. The fourth-order valence-electron chi connectivity index (χ4n) is 3.72. The standard InChI is InChI=1S/C24H26F4N4O4/c1-23(2,3)36-22(35)32-12-15(25)8-19(32)21(34)31-10-16-9-17(18(11-30-16)20(29)33)13-4-6-14(7-5-13)24(26,27)28/h4-7,9,11,15,19H,8,10,12H2,1-3H3,(H2,29,33)(H,31,34)/t15-,19+/m1/s1. The molecule has 2 atom stereocenters. The van der Waals surface area contributed by atoms with Crippen LogP contribution in [0.2, 0.25) is 0 Å². The normalized spacial score (nSPS) is 18.1. The molecule has 2 heterocycles. The molecule has 0 bridgehead atoms. The number of rotatable bonds is 5. The van der Waals surface area contributed by atoms with Crippen molar-refractivity contribution in [3.05, 3.63) is 53.3 Å². The molecule has 0 unspecified atom stereocenters. The average molecular weight is 510 g/mol. The molecule has 1 saturated heterocycles. The Morgan fingerprint density at radius 1 is 1.17 bits per heavy atom. The highest BCUT2D eigenvalue weighted by molar-refractivity contribution is 5.99. The van der Waals surface area contributed by atoms with Gasteiger partial charge in [-0.1, -0.05) is 12.1 Å². The zero-order valence-corrected chi connectivity index (χ0v) is 19.9. The molecule has 8 nitrogen and oxygen atoms in total. The second-order valence-electron chi connectivity index (χ2n) is 9.36. The van der Waals surface area contributed by atoms with Crippen LogP contribution in [0.15, 0.2) is 36.5 Å². The van der Waals surface area contributed by atoms with Crippen LogP contribution in [0, 0.1) is 0 Å². The third kappa shape index (κ3) is 6.49. The van der Waals surface area contributed by atoms with Gasteiger partial charge in [-0.15, -0.1) is 0 Å². The van der Waals surface area contributed by atoms with Crippen LogP contribution in [0.4, 0.5) is 22.4 Å². The zero-order chi connectivity index (χ0) is 26.8. The second-order valence-corrected chi connectivity index (χ2v) is 9.36. The molecule has 3 N–H and O–H groups in total. The molecule has 3 rings (SSSR count). The van der Waals surface area contributed by atoms with Gasteiger partial charge in [0.2, 0.25) is 5.91 Å². The molecule has 1 aliphatic heterocycles. The number of carbonyl (C=O) groups is 3. The summed E-state index contributed by atoms with van der Waals surface area (Å²) in [5, 5.41) is 2.58. The van der Waals surface area contributed by atoms with Crippen LogP contribution in [-0.4, -0.2) is 52.2 Å². The number of benzene rings is 1. The first kappa shape index (κ1) is 26.9. The number of nitrogens with one attached hydrogen (secondary N) is 1. The average Bonchev–Trinajstić information content (AvgIpc) is 3.17. The summed E-state index contributed by atoms with van der Waals surface area (Å²) in [4.78, 5) is 42.1. The minimum Gasteiger partial charge on any atom is -0.444 e. The Bertz CT molecular complexity index is 1150. The number of alkyl halides is 4. The summed E-state index contributed by atoms with van der Waals surface area (Å²) in [5.41, 5.74) is 4.48. The number of nitrogens with zero attached hydrogens (tertiary/aromatic N) is 2. The van der Waals surface area contributed by atoms with Crippen LogP contribution < -0.4 is 11.1 Å². The monoisotopic (exact) mass is 510 g/mol. The van der Waals surface area contributed by atoms with E-state index >= 15 is 0 Å². The molecule has 0 aliphatic carbocycles. The maximum absolute atomic E-state index is 14.0. The molecule has 12 heteroatoms. The Morgan fingerprint density at radius 2 is 1.81 bits per heavy atom. The lowest BCUT2D eigenvalue weighted by Crippen LogP contribution is -2.47. The van der Waals surface area contributed by atoms with E-state index < -0.39 is 47.5 Å². The van der Waals surface area contributed by atoms with E-state index in [2.05, 4.69) is 10.3 Å². The van der Waals surface area contributed by atoms with Gasteiger partial charge in [0.05, 0.1) is 29.9 Å². The molecule has 1 fully saturated rings.